The maximum Gasteiger partial charge on any atom is 0.242 e. The first kappa shape index (κ1) is 27.2. The van der Waals surface area contributed by atoms with E-state index in [1.807, 2.05) is 19.9 Å². The van der Waals surface area contributed by atoms with Crippen molar-refractivity contribution in [3.8, 4) is 11.3 Å². The highest BCUT2D eigenvalue weighted by Gasteiger charge is 2.31. The Balaban J connectivity index is 1.51. The molecule has 0 amide bonds. The molecule has 2 aliphatic heterocycles. The number of hydrogen-bond donors (Lipinski definition) is 2. The van der Waals surface area contributed by atoms with Gasteiger partial charge in [0.25, 0.3) is 0 Å². The van der Waals surface area contributed by atoms with Crippen LogP contribution in [0.3, 0.4) is 0 Å². The van der Waals surface area contributed by atoms with E-state index in [0.29, 0.717) is 51.9 Å². The fourth-order valence-electron chi connectivity index (χ4n) is 4.89. The van der Waals surface area contributed by atoms with Crippen molar-refractivity contribution in [3.63, 3.8) is 0 Å². The molecular weight excluding hydrogens is 518 g/mol. The average molecular weight is 554 g/mol. The van der Waals surface area contributed by atoms with Crippen molar-refractivity contribution in [3.05, 3.63) is 41.7 Å². The minimum atomic E-state index is -3.60. The number of likely N-dealkylation sites (N-methyl/N-ethyl adjacent to an activating group) is 2. The van der Waals surface area contributed by atoms with Gasteiger partial charge in [-0.1, -0.05) is 6.92 Å². The molecule has 208 valence electrons. The van der Waals surface area contributed by atoms with Gasteiger partial charge in [0.2, 0.25) is 21.9 Å². The SMILES string of the molecule is CCNCCN(C)S(=O)(=O)c1ccc(N2CCc3c(-c4cnc(N)nc4)nc(N4CCOCC4)nc32)c(C)c1. The van der Waals surface area contributed by atoms with E-state index >= 15 is 0 Å². The third kappa shape index (κ3) is 5.53. The summed E-state index contributed by atoms with van der Waals surface area (Å²) in [6.07, 6.45) is 4.10. The number of aromatic nitrogens is 4. The van der Waals surface area contributed by atoms with E-state index in [1.54, 1.807) is 31.6 Å². The Bertz CT molecular complexity index is 1430. The summed E-state index contributed by atoms with van der Waals surface area (Å²) in [6, 6.07) is 5.29. The van der Waals surface area contributed by atoms with Gasteiger partial charge in [0.05, 0.1) is 23.8 Å². The molecule has 1 fully saturated rings. The van der Waals surface area contributed by atoms with E-state index in [-0.39, 0.29) is 10.8 Å². The van der Waals surface area contributed by atoms with Crippen molar-refractivity contribution in [1.82, 2.24) is 29.6 Å². The molecule has 1 saturated heterocycles. The number of rotatable bonds is 9. The summed E-state index contributed by atoms with van der Waals surface area (Å²) in [5, 5.41) is 3.17. The maximum atomic E-state index is 13.2. The first-order valence-corrected chi connectivity index (χ1v) is 14.6. The number of aryl methyl sites for hydroxylation is 1. The average Bonchev–Trinajstić information content (AvgIpc) is 3.37. The predicted molar refractivity (Wildman–Crippen MR) is 151 cm³/mol. The lowest BCUT2D eigenvalue weighted by molar-refractivity contribution is 0.122. The first-order valence-electron chi connectivity index (χ1n) is 13.2. The third-order valence-electron chi connectivity index (χ3n) is 7.07. The van der Waals surface area contributed by atoms with Gasteiger partial charge < -0.3 is 25.6 Å². The molecular formula is C26H35N9O3S. The van der Waals surface area contributed by atoms with E-state index in [2.05, 4.69) is 25.1 Å². The molecule has 12 nitrogen and oxygen atoms in total. The van der Waals surface area contributed by atoms with Crippen molar-refractivity contribution >= 4 is 33.4 Å². The van der Waals surface area contributed by atoms with Crippen molar-refractivity contribution in [2.24, 2.45) is 0 Å². The molecule has 2 aromatic heterocycles. The van der Waals surface area contributed by atoms with Crippen LogP contribution in [0.4, 0.5) is 23.4 Å². The molecule has 0 atom stereocenters. The Labute approximate surface area is 229 Å². The smallest absolute Gasteiger partial charge is 0.242 e. The van der Waals surface area contributed by atoms with Gasteiger partial charge in [0.15, 0.2) is 0 Å². The van der Waals surface area contributed by atoms with Gasteiger partial charge in [-0.3, -0.25) is 0 Å². The fraction of sp³-hybridized carbons (Fsp3) is 0.462. The molecule has 0 radical (unpaired) electrons. The number of nitrogens with one attached hydrogen (secondary N) is 1. The van der Waals surface area contributed by atoms with E-state index in [4.69, 9.17) is 20.4 Å². The number of sulfonamides is 1. The Kier molecular flexibility index (Phi) is 7.93. The minimum absolute atomic E-state index is 0.206. The van der Waals surface area contributed by atoms with E-state index < -0.39 is 10.0 Å². The highest BCUT2D eigenvalue weighted by molar-refractivity contribution is 7.89. The molecule has 39 heavy (non-hydrogen) atoms. The van der Waals surface area contributed by atoms with Gasteiger partial charge in [-0.05, 0) is 43.7 Å². The largest absolute Gasteiger partial charge is 0.378 e. The highest BCUT2D eigenvalue weighted by Crippen LogP contribution is 2.40. The molecule has 13 heteroatoms. The lowest BCUT2D eigenvalue weighted by atomic mass is 10.1. The zero-order chi connectivity index (χ0) is 27.6. The number of nitrogen functional groups attached to an aromatic ring is 1. The van der Waals surface area contributed by atoms with Crippen LogP contribution in [-0.4, -0.2) is 92.2 Å². The standard InChI is InChI=1S/C26H35N9O3S/c1-4-28-8-10-33(3)39(36,37)20-5-6-22(18(2)15-20)35-9-7-21-23(19-16-29-25(27)30-17-19)31-26(32-24(21)35)34-11-13-38-14-12-34/h5-6,15-17,28H,4,7-14H2,1-3H3,(H2,27,29,30). The maximum absolute atomic E-state index is 13.2. The molecule has 1 aromatic carbocycles. The summed E-state index contributed by atoms with van der Waals surface area (Å²) >= 11 is 0. The molecule has 0 aliphatic carbocycles. The van der Waals surface area contributed by atoms with Crippen molar-refractivity contribution in [2.45, 2.75) is 25.2 Å². The Morgan fingerprint density at radius 2 is 1.87 bits per heavy atom. The summed E-state index contributed by atoms with van der Waals surface area (Å²) in [6.45, 7) is 9.03. The van der Waals surface area contributed by atoms with Crippen molar-refractivity contribution in [1.29, 1.82) is 0 Å². The molecule has 0 bridgehead atoms. The number of nitrogens with two attached hydrogens (primary N) is 1. The topological polar surface area (TPSA) is 143 Å². The number of fused-ring (bicyclic) bond motifs is 1. The normalized spacial score (nSPS) is 15.7. The molecule has 4 heterocycles. The van der Waals surface area contributed by atoms with Crippen LogP contribution in [0.15, 0.2) is 35.5 Å². The van der Waals surface area contributed by atoms with Crippen LogP contribution in [0.25, 0.3) is 11.3 Å². The van der Waals surface area contributed by atoms with Crippen molar-refractivity contribution < 1.29 is 13.2 Å². The van der Waals surface area contributed by atoms with Crippen LogP contribution in [0.2, 0.25) is 0 Å². The number of ether oxygens (including phenoxy) is 1. The molecule has 3 N–H and O–H groups in total. The molecule has 0 unspecified atom stereocenters. The Morgan fingerprint density at radius 3 is 2.56 bits per heavy atom. The molecule has 5 rings (SSSR count). The fourth-order valence-corrected chi connectivity index (χ4v) is 6.14. The van der Waals surface area contributed by atoms with Crippen LogP contribution in [0, 0.1) is 6.92 Å². The number of anilines is 4. The second-order valence-electron chi connectivity index (χ2n) is 9.63. The second kappa shape index (κ2) is 11.4. The number of nitrogens with zero attached hydrogens (tertiary/aromatic N) is 7. The summed E-state index contributed by atoms with van der Waals surface area (Å²) in [4.78, 5) is 22.8. The van der Waals surface area contributed by atoms with Crippen LogP contribution in [0.5, 0.6) is 0 Å². The van der Waals surface area contributed by atoms with Gasteiger partial charge in [-0.25, -0.2) is 23.4 Å². The number of morpholine rings is 1. The highest BCUT2D eigenvalue weighted by atomic mass is 32.2. The zero-order valence-corrected chi connectivity index (χ0v) is 23.4. The van der Waals surface area contributed by atoms with Gasteiger partial charge in [-0.15, -0.1) is 0 Å². The first-order chi connectivity index (χ1) is 18.8. The van der Waals surface area contributed by atoms with Crippen LogP contribution >= 0.6 is 0 Å². The zero-order valence-electron chi connectivity index (χ0n) is 22.6. The van der Waals surface area contributed by atoms with Gasteiger partial charge >= 0.3 is 0 Å². The summed E-state index contributed by atoms with van der Waals surface area (Å²) in [5.41, 5.74) is 10.1. The second-order valence-corrected chi connectivity index (χ2v) is 11.7. The monoisotopic (exact) mass is 553 g/mol. The summed E-state index contributed by atoms with van der Waals surface area (Å²) < 4.78 is 33.3. The number of hydrogen-bond acceptors (Lipinski definition) is 11. The summed E-state index contributed by atoms with van der Waals surface area (Å²) in [7, 11) is -1.99. The molecule has 0 saturated carbocycles. The minimum Gasteiger partial charge on any atom is -0.378 e. The van der Waals surface area contributed by atoms with Gasteiger partial charge in [0.1, 0.15) is 5.82 Å². The molecule has 0 spiro atoms. The van der Waals surface area contributed by atoms with Crippen molar-refractivity contribution in [2.75, 3.05) is 75.1 Å². The molecule has 3 aromatic rings. The van der Waals surface area contributed by atoms with E-state index in [0.717, 1.165) is 46.9 Å². The van der Waals surface area contributed by atoms with Crippen LogP contribution in [0.1, 0.15) is 18.1 Å². The third-order valence-corrected chi connectivity index (χ3v) is 8.93. The van der Waals surface area contributed by atoms with E-state index in [1.165, 1.54) is 4.31 Å². The van der Waals surface area contributed by atoms with Crippen LogP contribution in [-0.2, 0) is 21.2 Å². The predicted octanol–water partition coefficient (Wildman–Crippen LogP) is 1.59. The van der Waals surface area contributed by atoms with Gasteiger partial charge in [-0.2, -0.15) is 9.29 Å². The Hall–Kier alpha value is -3.39. The summed E-state index contributed by atoms with van der Waals surface area (Å²) in [5.74, 6) is 1.63. The van der Waals surface area contributed by atoms with E-state index in [9.17, 15) is 8.42 Å². The van der Waals surface area contributed by atoms with Gasteiger partial charge in [0, 0.05) is 69.0 Å². The number of benzene rings is 1. The lowest BCUT2D eigenvalue weighted by Gasteiger charge is -2.28. The Morgan fingerprint density at radius 1 is 1.13 bits per heavy atom. The molecule has 2 aliphatic rings. The van der Waals surface area contributed by atoms with Crippen LogP contribution < -0.4 is 20.9 Å². The lowest BCUT2D eigenvalue weighted by Crippen LogP contribution is -2.37. The quantitative estimate of drug-likeness (QED) is 0.373.